The molecule has 3 N–H and O–H groups in total. The van der Waals surface area contributed by atoms with E-state index in [1.165, 1.54) is 11.8 Å². The number of thioether (sulfide) groups is 1. The first kappa shape index (κ1) is 25.7. The summed E-state index contributed by atoms with van der Waals surface area (Å²) in [5, 5.41) is 13.3. The molecule has 0 bridgehead atoms. The molecule has 0 spiro atoms. The summed E-state index contributed by atoms with van der Waals surface area (Å²) < 4.78 is 32.6. The van der Waals surface area contributed by atoms with Crippen molar-refractivity contribution in [3.05, 3.63) is 111 Å². The Kier molecular flexibility index (Phi) is 7.32. The summed E-state index contributed by atoms with van der Waals surface area (Å²) in [7, 11) is -3.77. The quantitative estimate of drug-likeness (QED) is 0.352. The number of amidine groups is 1. The zero-order valence-corrected chi connectivity index (χ0v) is 22.1. The lowest BCUT2D eigenvalue weighted by molar-refractivity contribution is -0.115. The third-order valence-corrected chi connectivity index (χ3v) is 7.94. The van der Waals surface area contributed by atoms with Gasteiger partial charge in [-0.1, -0.05) is 48.0 Å². The summed E-state index contributed by atoms with van der Waals surface area (Å²) in [6.07, 6.45) is 2.89. The topological polar surface area (TPSA) is 120 Å². The van der Waals surface area contributed by atoms with Crippen LogP contribution >= 0.6 is 23.4 Å². The average molecular weight is 569 g/mol. The summed E-state index contributed by atoms with van der Waals surface area (Å²) >= 11 is 7.14. The molecule has 2 aliphatic rings. The first-order chi connectivity index (χ1) is 18.2. The maximum atomic E-state index is 12.5. The van der Waals surface area contributed by atoms with E-state index in [-0.39, 0.29) is 12.5 Å². The fraction of sp³-hybridized carbons (Fsp3) is 0.0769. The van der Waals surface area contributed by atoms with Crippen molar-refractivity contribution < 1.29 is 23.1 Å². The minimum absolute atomic E-state index is 0.0551. The van der Waals surface area contributed by atoms with Crippen LogP contribution < -0.4 is 14.8 Å². The smallest absolute Gasteiger partial charge is 0.326 e. The molecule has 1 amide bonds. The number of hydrogen-bond acceptors (Lipinski definition) is 7. The minimum atomic E-state index is -3.77. The molecule has 2 heterocycles. The van der Waals surface area contributed by atoms with Gasteiger partial charge in [0, 0.05) is 5.02 Å². The fourth-order valence-electron chi connectivity index (χ4n) is 3.57. The van der Waals surface area contributed by atoms with Gasteiger partial charge in [0.25, 0.3) is 5.91 Å². The van der Waals surface area contributed by atoms with Crippen LogP contribution in [0.25, 0.3) is 6.08 Å². The number of hydrogen-bond donors (Lipinski definition) is 3. The highest BCUT2D eigenvalue weighted by atomic mass is 35.5. The third kappa shape index (κ3) is 6.31. The van der Waals surface area contributed by atoms with Gasteiger partial charge < -0.3 is 15.2 Å². The number of aliphatic imine (C=N–C) groups is 1. The maximum absolute atomic E-state index is 12.5. The molecule has 9 nitrogen and oxygen atoms in total. The Morgan fingerprint density at radius 1 is 1.00 bits per heavy atom. The van der Waals surface area contributed by atoms with E-state index in [0.29, 0.717) is 38.7 Å². The Morgan fingerprint density at radius 2 is 1.68 bits per heavy atom. The predicted molar refractivity (Wildman–Crippen MR) is 148 cm³/mol. The number of benzene rings is 3. The fourth-order valence-corrected chi connectivity index (χ4v) is 5.53. The van der Waals surface area contributed by atoms with E-state index < -0.39 is 16.1 Å². The van der Waals surface area contributed by atoms with Crippen LogP contribution in [0.2, 0.25) is 5.02 Å². The standard InChI is InChI=1S/C26H21ClN4O5S2/c27-20-7-1-19(2-8-20)16-36-22-11-5-17(6-12-22)13-23-25(33)29-26(37-23)28-21-9-3-18(4-10-21)14-31-15-24(32)30-38(31,34)35/h1-13,15,30,32H,14,16H2,(H,28,29,33). The number of aliphatic hydroxyl groups is 1. The molecule has 12 heteroatoms. The summed E-state index contributed by atoms with van der Waals surface area (Å²) in [6.45, 7) is 0.478. The molecule has 2 aliphatic heterocycles. The Hall–Kier alpha value is -3.93. The highest BCUT2D eigenvalue weighted by Gasteiger charge is 2.27. The van der Waals surface area contributed by atoms with Crippen LogP contribution in [0, 0.1) is 0 Å². The van der Waals surface area contributed by atoms with Crippen molar-refractivity contribution >= 4 is 56.4 Å². The molecule has 3 aromatic rings. The van der Waals surface area contributed by atoms with Crippen molar-refractivity contribution in [1.29, 1.82) is 0 Å². The molecule has 0 aliphatic carbocycles. The molecular weight excluding hydrogens is 548 g/mol. The summed E-state index contributed by atoms with van der Waals surface area (Å²) in [5.74, 6) is 0.0406. The number of halogens is 1. The minimum Gasteiger partial charge on any atom is -0.493 e. The number of rotatable bonds is 7. The van der Waals surface area contributed by atoms with E-state index in [1.807, 2.05) is 53.3 Å². The van der Waals surface area contributed by atoms with Crippen LogP contribution in [0.4, 0.5) is 5.69 Å². The monoisotopic (exact) mass is 568 g/mol. The zero-order valence-electron chi connectivity index (χ0n) is 19.7. The average Bonchev–Trinajstić information content (AvgIpc) is 3.36. The second-order valence-corrected chi connectivity index (χ2v) is 11.4. The maximum Gasteiger partial charge on any atom is 0.326 e. The van der Waals surface area contributed by atoms with Crippen LogP contribution in [0.3, 0.4) is 0 Å². The predicted octanol–water partition coefficient (Wildman–Crippen LogP) is 4.82. The summed E-state index contributed by atoms with van der Waals surface area (Å²) in [6, 6.07) is 21.8. The van der Waals surface area contributed by atoms with Crippen molar-refractivity contribution in [3.63, 3.8) is 0 Å². The van der Waals surface area contributed by atoms with Gasteiger partial charge in [-0.2, -0.15) is 8.42 Å². The van der Waals surface area contributed by atoms with Crippen molar-refractivity contribution in [2.24, 2.45) is 4.99 Å². The van der Waals surface area contributed by atoms with Gasteiger partial charge in [0.15, 0.2) is 5.17 Å². The Bertz CT molecular complexity index is 1550. The molecule has 1 fully saturated rings. The van der Waals surface area contributed by atoms with E-state index in [4.69, 9.17) is 16.3 Å². The van der Waals surface area contributed by atoms with Gasteiger partial charge in [0.05, 0.1) is 23.3 Å². The third-order valence-electron chi connectivity index (χ3n) is 5.46. The Labute approximate surface area is 228 Å². The number of amides is 1. The second kappa shape index (κ2) is 10.8. The van der Waals surface area contributed by atoms with E-state index >= 15 is 0 Å². The first-order valence-corrected chi connectivity index (χ1v) is 13.9. The molecule has 38 heavy (non-hydrogen) atoms. The van der Waals surface area contributed by atoms with Crippen molar-refractivity contribution in [3.8, 4) is 5.75 Å². The lowest BCUT2D eigenvalue weighted by atomic mass is 10.2. The Balaban J connectivity index is 1.19. The van der Waals surface area contributed by atoms with E-state index in [2.05, 4.69) is 10.3 Å². The highest BCUT2D eigenvalue weighted by Crippen LogP contribution is 2.29. The number of carbonyl (C=O) groups excluding carboxylic acids is 1. The molecule has 1 saturated heterocycles. The second-order valence-electron chi connectivity index (χ2n) is 8.30. The van der Waals surface area contributed by atoms with Crippen molar-refractivity contribution in [1.82, 2.24) is 14.3 Å². The number of aliphatic hydroxyl groups excluding tert-OH is 1. The lowest BCUT2D eigenvalue weighted by Gasteiger charge is -2.13. The SMILES string of the molecule is O=C1NC(=Nc2ccc(CN3C=C(O)NS3(=O)=O)cc2)SC1=Cc1ccc(OCc2ccc(Cl)cc2)cc1. The van der Waals surface area contributed by atoms with Gasteiger partial charge in [0.1, 0.15) is 12.4 Å². The molecule has 0 aromatic heterocycles. The molecule has 0 unspecified atom stereocenters. The largest absolute Gasteiger partial charge is 0.493 e. The highest BCUT2D eigenvalue weighted by molar-refractivity contribution is 8.18. The van der Waals surface area contributed by atoms with Gasteiger partial charge in [-0.25, -0.2) is 9.71 Å². The number of nitrogens with one attached hydrogen (secondary N) is 2. The molecule has 0 saturated carbocycles. The van der Waals surface area contributed by atoms with Gasteiger partial charge in [0.2, 0.25) is 5.88 Å². The van der Waals surface area contributed by atoms with Crippen LogP contribution in [-0.4, -0.2) is 28.9 Å². The molecule has 3 aromatic carbocycles. The summed E-state index contributed by atoms with van der Waals surface area (Å²) in [4.78, 5) is 17.4. The van der Waals surface area contributed by atoms with Crippen LogP contribution in [0.15, 0.2) is 94.8 Å². The zero-order chi connectivity index (χ0) is 26.7. The first-order valence-electron chi connectivity index (χ1n) is 11.3. The molecule has 0 radical (unpaired) electrons. The summed E-state index contributed by atoms with van der Waals surface area (Å²) in [5.41, 5.74) is 3.16. The molecule has 194 valence electrons. The lowest BCUT2D eigenvalue weighted by Crippen LogP contribution is -2.29. The number of carbonyl (C=O) groups is 1. The van der Waals surface area contributed by atoms with Gasteiger partial charge >= 0.3 is 10.2 Å². The molecular formula is C26H21ClN4O5S2. The van der Waals surface area contributed by atoms with Crippen LogP contribution in [0.5, 0.6) is 5.75 Å². The van der Waals surface area contributed by atoms with Crippen LogP contribution in [0.1, 0.15) is 16.7 Å². The Morgan fingerprint density at radius 3 is 2.34 bits per heavy atom. The normalized spacial score (nSPS) is 18.4. The van der Waals surface area contributed by atoms with E-state index in [1.54, 1.807) is 30.3 Å². The van der Waals surface area contributed by atoms with Gasteiger partial charge in [-0.05, 0) is 70.9 Å². The molecule has 5 rings (SSSR count). The van der Waals surface area contributed by atoms with E-state index in [9.17, 15) is 18.3 Å². The van der Waals surface area contributed by atoms with Crippen LogP contribution in [-0.2, 0) is 28.2 Å². The van der Waals surface area contributed by atoms with E-state index in [0.717, 1.165) is 21.6 Å². The van der Waals surface area contributed by atoms with Gasteiger partial charge in [-0.15, -0.1) is 0 Å². The number of ether oxygens (including phenoxy) is 1. The molecule has 0 atom stereocenters. The number of nitrogens with zero attached hydrogens (tertiary/aromatic N) is 2. The van der Waals surface area contributed by atoms with Crippen molar-refractivity contribution in [2.75, 3.05) is 0 Å². The van der Waals surface area contributed by atoms with Crippen molar-refractivity contribution in [2.45, 2.75) is 13.2 Å². The van der Waals surface area contributed by atoms with Gasteiger partial charge in [-0.3, -0.25) is 9.10 Å².